The summed E-state index contributed by atoms with van der Waals surface area (Å²) in [7, 11) is -3.79. The van der Waals surface area contributed by atoms with Crippen molar-refractivity contribution in [2.45, 2.75) is 36.0 Å². The van der Waals surface area contributed by atoms with Gasteiger partial charge in [-0.1, -0.05) is 18.2 Å². The van der Waals surface area contributed by atoms with Gasteiger partial charge in [-0.3, -0.25) is 0 Å². The Morgan fingerprint density at radius 1 is 1.17 bits per heavy atom. The minimum absolute atomic E-state index is 0.158. The van der Waals surface area contributed by atoms with E-state index in [1.165, 1.54) is 6.20 Å². The van der Waals surface area contributed by atoms with Crippen LogP contribution in [0.15, 0.2) is 46.0 Å². The minimum Gasteiger partial charge on any atom is -0.486 e. The molecule has 1 saturated heterocycles. The lowest BCUT2D eigenvalue weighted by Gasteiger charge is -2.19. The van der Waals surface area contributed by atoms with Crippen LogP contribution >= 0.6 is 0 Å². The Balaban J connectivity index is 1.46. The predicted octanol–water partition coefficient (Wildman–Crippen LogP) is 1.68. The molecule has 128 valence electrons. The lowest BCUT2D eigenvalue weighted by atomic mass is 10.2. The molecular weight excluding hydrogens is 332 g/mol. The molecule has 1 aliphatic carbocycles. The molecule has 1 aromatic heterocycles. The van der Waals surface area contributed by atoms with Crippen molar-refractivity contribution in [2.75, 3.05) is 13.2 Å². The summed E-state index contributed by atoms with van der Waals surface area (Å²) in [6.07, 6.45) is 2.86. The molecule has 0 amide bonds. The topological polar surface area (TPSA) is 90.7 Å². The Morgan fingerprint density at radius 2 is 1.96 bits per heavy atom. The molecule has 2 aliphatic rings. The van der Waals surface area contributed by atoms with Gasteiger partial charge < -0.3 is 13.9 Å². The molecule has 1 aromatic carbocycles. The fourth-order valence-corrected chi connectivity index (χ4v) is 3.73. The first-order valence-electron chi connectivity index (χ1n) is 7.89. The van der Waals surface area contributed by atoms with E-state index in [4.69, 9.17) is 13.9 Å². The lowest BCUT2D eigenvalue weighted by molar-refractivity contribution is 0.140. The minimum atomic E-state index is -3.79. The number of aromatic nitrogens is 1. The van der Waals surface area contributed by atoms with E-state index in [0.717, 1.165) is 12.8 Å². The van der Waals surface area contributed by atoms with Crippen LogP contribution in [0, 0.1) is 0 Å². The maximum absolute atomic E-state index is 12.5. The van der Waals surface area contributed by atoms with Crippen LogP contribution < -0.4 is 9.46 Å². The van der Waals surface area contributed by atoms with Crippen LogP contribution in [0.1, 0.15) is 24.7 Å². The van der Waals surface area contributed by atoms with Crippen molar-refractivity contribution in [3.63, 3.8) is 0 Å². The number of ether oxygens (including phenoxy) is 2. The highest BCUT2D eigenvalue weighted by molar-refractivity contribution is 7.89. The number of hydrogen-bond donors (Lipinski definition) is 1. The van der Waals surface area contributed by atoms with Crippen molar-refractivity contribution in [1.82, 2.24) is 9.71 Å². The van der Waals surface area contributed by atoms with Crippen LogP contribution in [0.2, 0.25) is 0 Å². The fourth-order valence-electron chi connectivity index (χ4n) is 2.61. The van der Waals surface area contributed by atoms with E-state index in [1.807, 2.05) is 30.3 Å². The SMILES string of the molecule is O=S(=O)(N[C@@H]1COC[C@@H]1Oc1ccccc1)c1cnc(C2CC2)o1. The van der Waals surface area contributed by atoms with Crippen molar-refractivity contribution < 1.29 is 22.3 Å². The second-order valence-electron chi connectivity index (χ2n) is 6.03. The number of hydrogen-bond acceptors (Lipinski definition) is 6. The maximum Gasteiger partial charge on any atom is 0.276 e. The van der Waals surface area contributed by atoms with Crippen LogP contribution in [0.4, 0.5) is 0 Å². The van der Waals surface area contributed by atoms with Gasteiger partial charge in [0.1, 0.15) is 11.9 Å². The molecule has 1 aliphatic heterocycles. The largest absolute Gasteiger partial charge is 0.486 e. The fraction of sp³-hybridized carbons (Fsp3) is 0.438. The number of nitrogens with zero attached hydrogens (tertiary/aromatic N) is 1. The van der Waals surface area contributed by atoms with Crippen molar-refractivity contribution in [3.05, 3.63) is 42.4 Å². The van der Waals surface area contributed by atoms with Crippen molar-refractivity contribution >= 4 is 10.0 Å². The number of rotatable bonds is 6. The molecule has 0 radical (unpaired) electrons. The Labute approximate surface area is 140 Å². The molecule has 2 aromatic rings. The van der Waals surface area contributed by atoms with Crippen molar-refractivity contribution in [3.8, 4) is 5.75 Å². The van der Waals surface area contributed by atoms with E-state index in [2.05, 4.69) is 9.71 Å². The molecule has 1 N–H and O–H groups in total. The third-order valence-corrected chi connectivity index (χ3v) is 5.39. The van der Waals surface area contributed by atoms with Gasteiger partial charge in [0.05, 0.1) is 25.5 Å². The van der Waals surface area contributed by atoms with Gasteiger partial charge >= 0.3 is 0 Å². The summed E-state index contributed by atoms with van der Waals surface area (Å²) in [5, 5.41) is -0.158. The zero-order valence-electron chi connectivity index (χ0n) is 12.9. The first-order valence-corrected chi connectivity index (χ1v) is 9.38. The van der Waals surface area contributed by atoms with Gasteiger partial charge in [-0.05, 0) is 25.0 Å². The Kier molecular flexibility index (Phi) is 4.03. The molecule has 0 bridgehead atoms. The normalized spacial score (nSPS) is 24.2. The van der Waals surface area contributed by atoms with E-state index in [-0.39, 0.29) is 17.6 Å². The van der Waals surface area contributed by atoms with Crippen LogP contribution in [-0.4, -0.2) is 38.8 Å². The van der Waals surface area contributed by atoms with Gasteiger partial charge in [0, 0.05) is 5.92 Å². The molecule has 1 saturated carbocycles. The second kappa shape index (κ2) is 6.19. The van der Waals surface area contributed by atoms with Gasteiger partial charge in [0.25, 0.3) is 15.1 Å². The van der Waals surface area contributed by atoms with E-state index in [1.54, 1.807) is 0 Å². The monoisotopic (exact) mass is 350 g/mol. The van der Waals surface area contributed by atoms with Gasteiger partial charge in [0.15, 0.2) is 5.89 Å². The van der Waals surface area contributed by atoms with Gasteiger partial charge in [-0.2, -0.15) is 4.72 Å². The predicted molar refractivity (Wildman–Crippen MR) is 84.3 cm³/mol. The quantitative estimate of drug-likeness (QED) is 0.852. The number of para-hydroxylation sites is 1. The molecule has 8 heteroatoms. The molecule has 4 rings (SSSR count). The van der Waals surface area contributed by atoms with E-state index < -0.39 is 22.2 Å². The first kappa shape index (κ1) is 15.6. The van der Waals surface area contributed by atoms with E-state index in [9.17, 15) is 8.42 Å². The van der Waals surface area contributed by atoms with Crippen molar-refractivity contribution in [1.29, 1.82) is 0 Å². The van der Waals surface area contributed by atoms with Crippen molar-refractivity contribution in [2.24, 2.45) is 0 Å². The highest BCUT2D eigenvalue weighted by atomic mass is 32.2. The molecular formula is C16H18N2O5S. The Bertz CT molecular complexity index is 801. The molecule has 0 unspecified atom stereocenters. The van der Waals surface area contributed by atoms with Gasteiger partial charge in [-0.25, -0.2) is 13.4 Å². The molecule has 2 atom stereocenters. The molecule has 24 heavy (non-hydrogen) atoms. The number of benzene rings is 1. The first-order chi connectivity index (χ1) is 11.6. The van der Waals surface area contributed by atoms with Gasteiger partial charge in [-0.15, -0.1) is 0 Å². The van der Waals surface area contributed by atoms with Crippen LogP contribution in [0.5, 0.6) is 5.75 Å². The highest BCUT2D eigenvalue weighted by Gasteiger charge is 2.36. The van der Waals surface area contributed by atoms with Crippen LogP contribution in [-0.2, 0) is 14.8 Å². The Hall–Kier alpha value is -1.90. The standard InChI is InChI=1S/C16H18N2O5S/c19-24(20,15-8-17-16(23-15)11-6-7-11)18-13-9-21-10-14(13)22-12-4-2-1-3-5-12/h1-5,8,11,13-14,18H,6-7,9-10H2/t13-,14+/m1/s1. The molecule has 2 fully saturated rings. The summed E-state index contributed by atoms with van der Waals surface area (Å²) < 4.78 is 44.2. The van der Waals surface area contributed by atoms with E-state index in [0.29, 0.717) is 18.2 Å². The third-order valence-electron chi connectivity index (χ3n) is 4.06. The lowest BCUT2D eigenvalue weighted by Crippen LogP contribution is -2.44. The number of oxazole rings is 1. The van der Waals surface area contributed by atoms with Crippen LogP contribution in [0.3, 0.4) is 0 Å². The summed E-state index contributed by atoms with van der Waals surface area (Å²) in [4.78, 5) is 4.06. The number of sulfonamides is 1. The zero-order valence-corrected chi connectivity index (χ0v) is 13.7. The average Bonchev–Trinajstić information content (AvgIpc) is 3.13. The maximum atomic E-state index is 12.5. The molecule has 7 nitrogen and oxygen atoms in total. The summed E-state index contributed by atoms with van der Waals surface area (Å²) >= 11 is 0. The third kappa shape index (κ3) is 3.31. The average molecular weight is 350 g/mol. The highest BCUT2D eigenvalue weighted by Crippen LogP contribution is 2.39. The van der Waals surface area contributed by atoms with Crippen LogP contribution in [0.25, 0.3) is 0 Å². The summed E-state index contributed by atoms with van der Waals surface area (Å²) in [6, 6.07) is 8.77. The second-order valence-corrected chi connectivity index (χ2v) is 7.67. The summed E-state index contributed by atoms with van der Waals surface area (Å²) in [6.45, 7) is 0.576. The molecule has 2 heterocycles. The van der Waals surface area contributed by atoms with E-state index >= 15 is 0 Å². The van der Waals surface area contributed by atoms with Gasteiger partial charge in [0.2, 0.25) is 0 Å². The Morgan fingerprint density at radius 3 is 2.71 bits per heavy atom. The summed E-state index contributed by atoms with van der Waals surface area (Å²) in [5.41, 5.74) is 0. The molecule has 0 spiro atoms. The smallest absolute Gasteiger partial charge is 0.276 e. The zero-order chi connectivity index (χ0) is 16.6. The number of nitrogens with one attached hydrogen (secondary N) is 1. The summed E-state index contributed by atoms with van der Waals surface area (Å²) in [5.74, 6) is 1.43.